The Bertz CT molecular complexity index is 1710. The van der Waals surface area contributed by atoms with E-state index in [4.69, 9.17) is 53.8 Å². The number of hydrogen-bond donors (Lipinski definition) is 0. The predicted molar refractivity (Wildman–Crippen MR) is 192 cm³/mol. The number of alkyl halides is 1. The third-order valence-electron chi connectivity index (χ3n) is 6.71. The molecule has 0 spiro atoms. The van der Waals surface area contributed by atoms with E-state index in [2.05, 4.69) is 15.0 Å². The first-order valence-electron chi connectivity index (χ1n) is 17.4. The lowest BCUT2D eigenvalue weighted by molar-refractivity contribution is -0.156. The fourth-order valence-corrected chi connectivity index (χ4v) is 6.71. The van der Waals surface area contributed by atoms with Crippen LogP contribution >= 0.6 is 19.2 Å². The number of anilines is 1. The first kappa shape index (κ1) is 45.7. The lowest BCUT2D eigenvalue weighted by Gasteiger charge is -2.28. The van der Waals surface area contributed by atoms with Crippen LogP contribution in [0.15, 0.2) is 6.33 Å². The molecular formula is C33H50ClFN5O14P. The molecule has 2 aromatic rings. The van der Waals surface area contributed by atoms with Crippen LogP contribution in [0.5, 0.6) is 0 Å². The smallest absolute Gasteiger partial charge is 0.464 e. The lowest BCUT2D eigenvalue weighted by atomic mass is 10.1. The van der Waals surface area contributed by atoms with Crippen molar-refractivity contribution in [2.24, 2.45) is 0 Å². The van der Waals surface area contributed by atoms with Gasteiger partial charge in [0.25, 0.3) is 5.85 Å². The molecule has 5 atom stereocenters. The van der Waals surface area contributed by atoms with Gasteiger partial charge in [-0.1, -0.05) is 0 Å². The Morgan fingerprint density at radius 1 is 0.909 bits per heavy atom. The number of carbonyl (C=O) groups is 4. The molecular weight excluding hydrogens is 776 g/mol. The molecule has 0 aromatic carbocycles. The second kappa shape index (κ2) is 18.1. The Kier molecular flexibility index (Phi) is 15.0. The van der Waals surface area contributed by atoms with Crippen LogP contribution in [0.4, 0.5) is 24.6 Å². The Hall–Kier alpha value is -3.68. The van der Waals surface area contributed by atoms with Crippen molar-refractivity contribution in [3.05, 3.63) is 11.6 Å². The predicted octanol–water partition coefficient (Wildman–Crippen LogP) is 6.88. The van der Waals surface area contributed by atoms with Gasteiger partial charge in [0.1, 0.15) is 22.9 Å². The number of nitrogens with zero attached hydrogens (tertiary/aromatic N) is 5. The van der Waals surface area contributed by atoms with Crippen LogP contribution in [0.2, 0.25) is 5.28 Å². The minimum Gasteiger partial charge on any atom is -0.464 e. The van der Waals surface area contributed by atoms with Crippen molar-refractivity contribution in [2.45, 2.75) is 130 Å². The van der Waals surface area contributed by atoms with Crippen LogP contribution in [0.25, 0.3) is 11.2 Å². The van der Waals surface area contributed by atoms with Gasteiger partial charge in [0, 0.05) is 0 Å². The number of ether oxygens (including phenoxy) is 7. The molecule has 0 saturated carbocycles. The van der Waals surface area contributed by atoms with Crippen LogP contribution in [0.1, 0.15) is 89.3 Å². The molecule has 1 fully saturated rings. The van der Waals surface area contributed by atoms with Crippen molar-refractivity contribution < 1.29 is 70.3 Å². The highest BCUT2D eigenvalue weighted by Crippen LogP contribution is 2.54. The fourth-order valence-electron chi connectivity index (χ4n) is 4.88. The number of imide groups is 1. The number of aromatic nitrogens is 4. The summed E-state index contributed by atoms with van der Waals surface area (Å²) in [6, 6.07) is 0. The average Bonchev–Trinajstić information content (AvgIpc) is 3.55. The van der Waals surface area contributed by atoms with E-state index in [1.54, 1.807) is 62.3 Å². The maximum Gasteiger partial charge on any atom is 0.509 e. The zero-order chi connectivity index (χ0) is 41.7. The highest BCUT2D eigenvalue weighted by Gasteiger charge is 2.52. The summed E-state index contributed by atoms with van der Waals surface area (Å²) in [4.78, 5) is 65.7. The number of esters is 1. The Morgan fingerprint density at radius 2 is 1.45 bits per heavy atom. The molecule has 19 nitrogen and oxygen atoms in total. The summed E-state index contributed by atoms with van der Waals surface area (Å²) in [7, 11) is -4.33. The molecule has 3 rings (SSSR count). The summed E-state index contributed by atoms with van der Waals surface area (Å²) in [5, 5.41) is -0.504. The van der Waals surface area contributed by atoms with Crippen molar-refractivity contribution in [1.82, 2.24) is 19.5 Å². The summed E-state index contributed by atoms with van der Waals surface area (Å²) in [5.41, 5.74) is -3.66. The van der Waals surface area contributed by atoms with Crippen molar-refractivity contribution in [1.29, 1.82) is 0 Å². The largest absolute Gasteiger partial charge is 0.509 e. The average molecular weight is 826 g/mol. The van der Waals surface area contributed by atoms with E-state index < -0.39 is 96.9 Å². The number of imidazole rings is 1. The topological polar surface area (TPSA) is 215 Å². The first-order valence-corrected chi connectivity index (χ1v) is 19.4. The van der Waals surface area contributed by atoms with Gasteiger partial charge < -0.3 is 42.2 Å². The minimum absolute atomic E-state index is 0.116. The molecule has 3 heterocycles. The number of hydrogen-bond acceptors (Lipinski definition) is 17. The van der Waals surface area contributed by atoms with Crippen LogP contribution in [-0.4, -0.2) is 111 Å². The molecule has 310 valence electrons. The van der Waals surface area contributed by atoms with Crippen molar-refractivity contribution >= 4 is 60.5 Å². The maximum absolute atomic E-state index is 16.7. The third-order valence-corrected chi connectivity index (χ3v) is 9.05. The van der Waals surface area contributed by atoms with Gasteiger partial charge in [-0.05, 0) is 94.7 Å². The molecule has 2 amide bonds. The monoisotopic (exact) mass is 825 g/mol. The van der Waals surface area contributed by atoms with E-state index in [0.29, 0.717) is 4.90 Å². The van der Waals surface area contributed by atoms with E-state index in [1.165, 1.54) is 20.8 Å². The molecule has 0 radical (unpaired) electrons. The van der Waals surface area contributed by atoms with E-state index in [1.807, 2.05) is 0 Å². The van der Waals surface area contributed by atoms with Crippen molar-refractivity contribution in [3.8, 4) is 0 Å². The molecule has 1 aliphatic rings. The van der Waals surface area contributed by atoms with Crippen LogP contribution in [0.3, 0.4) is 0 Å². The Morgan fingerprint density at radius 3 is 1.95 bits per heavy atom. The number of amides is 2. The van der Waals surface area contributed by atoms with E-state index in [9.17, 15) is 23.7 Å². The summed E-state index contributed by atoms with van der Waals surface area (Å²) in [5.74, 6) is -3.50. The molecule has 1 saturated heterocycles. The van der Waals surface area contributed by atoms with Crippen LogP contribution < -0.4 is 4.90 Å². The summed E-state index contributed by atoms with van der Waals surface area (Å²) >= 11 is 6.31. The van der Waals surface area contributed by atoms with E-state index in [0.717, 1.165) is 10.9 Å². The zero-order valence-corrected chi connectivity index (χ0v) is 34.6. The normalized spacial score (nSPS) is 19.8. The molecule has 0 aliphatic carbocycles. The van der Waals surface area contributed by atoms with Crippen molar-refractivity contribution in [3.63, 3.8) is 0 Å². The van der Waals surface area contributed by atoms with Crippen molar-refractivity contribution in [2.75, 3.05) is 31.3 Å². The van der Waals surface area contributed by atoms with Gasteiger partial charge in [-0.3, -0.25) is 9.13 Å². The molecule has 55 heavy (non-hydrogen) atoms. The summed E-state index contributed by atoms with van der Waals surface area (Å²) in [6.07, 6.45) is -9.83. The van der Waals surface area contributed by atoms with Gasteiger partial charge in [0.2, 0.25) is 5.28 Å². The number of halogens is 2. The maximum atomic E-state index is 16.7. The van der Waals surface area contributed by atoms with Gasteiger partial charge >= 0.3 is 31.9 Å². The van der Waals surface area contributed by atoms with Gasteiger partial charge in [-0.2, -0.15) is 14.9 Å². The Labute approximate surface area is 323 Å². The quantitative estimate of drug-likeness (QED) is 0.0870. The molecule has 0 bridgehead atoms. The zero-order valence-electron chi connectivity index (χ0n) is 32.9. The molecule has 22 heteroatoms. The molecule has 0 N–H and O–H groups in total. The fraction of sp³-hybridized carbons (Fsp3) is 0.727. The number of fused-ring (bicyclic) bond motifs is 1. The van der Waals surface area contributed by atoms with Gasteiger partial charge in [0.05, 0.1) is 32.8 Å². The molecule has 1 unspecified atom stereocenters. The highest BCUT2D eigenvalue weighted by atomic mass is 35.5. The van der Waals surface area contributed by atoms with Gasteiger partial charge in [-0.25, -0.2) is 28.6 Å². The second-order valence-corrected chi connectivity index (χ2v) is 17.2. The van der Waals surface area contributed by atoms with E-state index in [-0.39, 0.29) is 31.0 Å². The summed E-state index contributed by atoms with van der Waals surface area (Å²) < 4.78 is 80.4. The first-order chi connectivity index (χ1) is 25.3. The SMILES string of the molecule is CCOC(=O)C(OC[C@H]1O[C@@H](n2cnc3c(N(C(=O)OC(C)(C)C)C(=O)OC(C)(C)C)nc(Cl)nc32)[C@@H](F)[C@@H]1OC(=O)OC(C)(C)C)P(=O)(OCC)OCC. The van der Waals surface area contributed by atoms with Crippen LogP contribution in [-0.2, 0) is 51.6 Å². The van der Waals surface area contributed by atoms with E-state index >= 15 is 4.39 Å². The lowest BCUT2D eigenvalue weighted by Crippen LogP contribution is -2.44. The number of rotatable bonds is 13. The van der Waals surface area contributed by atoms with Gasteiger partial charge in [-0.15, -0.1) is 0 Å². The molecule has 1 aliphatic heterocycles. The standard InChI is InChI=1S/C33H50ClFN5O14P/c1-13-46-25(41)26(55(45,48-14-2)49-15-3)47-16-18-21(51-30(44)54-33(10,11)12)19(35)24(50-18)39-17-36-20-22(39)37-27(34)38-23(20)40(28(42)52-31(4,5)6)29(43)53-32(7,8)9/h17-19,21,24,26H,13-16H2,1-12H3/t18-,19+,21-,24-,26?/m1/s1. The second-order valence-electron chi connectivity index (χ2n) is 14.8. The van der Waals surface area contributed by atoms with Crippen LogP contribution in [0, 0.1) is 0 Å². The Balaban J connectivity index is 2.13. The minimum atomic E-state index is -4.33. The summed E-state index contributed by atoms with van der Waals surface area (Å²) in [6.45, 7) is 17.6. The molecule has 2 aromatic heterocycles. The highest BCUT2D eigenvalue weighted by molar-refractivity contribution is 7.55. The third kappa shape index (κ3) is 12.2. The van der Waals surface area contributed by atoms with Gasteiger partial charge in [0.15, 0.2) is 35.5 Å². The number of carbonyl (C=O) groups excluding carboxylic acids is 4.